The maximum Gasteiger partial charge on any atom is 0.416 e. The zero-order valence-corrected chi connectivity index (χ0v) is 15.6. The Kier molecular flexibility index (Phi) is 6.93. The summed E-state index contributed by atoms with van der Waals surface area (Å²) in [7, 11) is 0. The van der Waals surface area contributed by atoms with Gasteiger partial charge in [-0.05, 0) is 49.8 Å². The molecule has 29 heavy (non-hydrogen) atoms. The van der Waals surface area contributed by atoms with Crippen LogP contribution in [0.2, 0.25) is 0 Å². The van der Waals surface area contributed by atoms with Gasteiger partial charge in [0.15, 0.2) is 11.9 Å². The molecule has 0 saturated heterocycles. The first-order chi connectivity index (χ1) is 13.6. The van der Waals surface area contributed by atoms with Crippen LogP contribution in [0.4, 0.5) is 18.9 Å². The number of carbonyl (C=O) groups excluding carboxylic acids is 3. The molecule has 152 valence electrons. The highest BCUT2D eigenvalue weighted by Gasteiger charge is 2.29. The van der Waals surface area contributed by atoms with Crippen molar-refractivity contribution in [1.82, 2.24) is 0 Å². The standard InChI is InChI=1S/C21H18F3NO4/c1-13(26)16-4-3-5-18(12-16)25-20(28)14(2)29-19(27)11-8-15-6-9-17(10-7-15)21(22,23)24/h3-12,14H,1-2H3,(H,25,28)/b11-8+/t14-/m0/s1. The van der Waals surface area contributed by atoms with Crippen molar-refractivity contribution in [1.29, 1.82) is 0 Å². The molecule has 0 fully saturated rings. The number of esters is 1. The summed E-state index contributed by atoms with van der Waals surface area (Å²) < 4.78 is 42.5. The first-order valence-corrected chi connectivity index (χ1v) is 8.54. The maximum absolute atomic E-state index is 12.5. The number of benzene rings is 2. The van der Waals surface area contributed by atoms with E-state index in [1.807, 2.05) is 0 Å². The monoisotopic (exact) mass is 405 g/mol. The molecule has 1 N–H and O–H groups in total. The molecule has 0 heterocycles. The topological polar surface area (TPSA) is 72.5 Å². The van der Waals surface area contributed by atoms with Crippen LogP contribution in [-0.2, 0) is 20.5 Å². The third-order valence-corrected chi connectivity index (χ3v) is 3.85. The van der Waals surface area contributed by atoms with E-state index in [0.717, 1.165) is 18.2 Å². The minimum absolute atomic E-state index is 0.158. The smallest absolute Gasteiger partial charge is 0.416 e. The van der Waals surface area contributed by atoms with Crippen LogP contribution < -0.4 is 5.32 Å². The molecule has 0 aliphatic rings. The van der Waals surface area contributed by atoms with E-state index < -0.39 is 29.7 Å². The Balaban J connectivity index is 1.92. The highest BCUT2D eigenvalue weighted by atomic mass is 19.4. The number of anilines is 1. The number of nitrogens with one attached hydrogen (secondary N) is 1. The highest BCUT2D eigenvalue weighted by molar-refractivity contribution is 5.99. The largest absolute Gasteiger partial charge is 0.449 e. The van der Waals surface area contributed by atoms with Crippen LogP contribution in [0.15, 0.2) is 54.6 Å². The fourth-order valence-electron chi connectivity index (χ4n) is 2.27. The zero-order valence-electron chi connectivity index (χ0n) is 15.6. The van der Waals surface area contributed by atoms with Gasteiger partial charge in [-0.25, -0.2) is 4.79 Å². The summed E-state index contributed by atoms with van der Waals surface area (Å²) in [5.41, 5.74) is 0.377. The van der Waals surface area contributed by atoms with E-state index in [1.165, 1.54) is 38.1 Å². The normalized spacial score (nSPS) is 12.4. The van der Waals surface area contributed by atoms with Crippen LogP contribution in [0.5, 0.6) is 0 Å². The molecule has 2 aromatic rings. The molecule has 0 aliphatic carbocycles. The third kappa shape index (κ3) is 6.60. The van der Waals surface area contributed by atoms with E-state index in [0.29, 0.717) is 16.8 Å². The second kappa shape index (κ2) is 9.18. The Bertz CT molecular complexity index is 934. The number of halogens is 3. The second-order valence-electron chi connectivity index (χ2n) is 6.16. The lowest BCUT2D eigenvalue weighted by Crippen LogP contribution is -2.29. The van der Waals surface area contributed by atoms with Gasteiger partial charge < -0.3 is 10.1 Å². The molecule has 0 spiro atoms. The van der Waals surface area contributed by atoms with E-state index in [1.54, 1.807) is 18.2 Å². The molecule has 0 aromatic heterocycles. The first kappa shape index (κ1) is 21.9. The molecule has 1 amide bonds. The molecule has 0 radical (unpaired) electrons. The summed E-state index contributed by atoms with van der Waals surface area (Å²) in [5, 5.41) is 2.54. The predicted molar refractivity (Wildman–Crippen MR) is 101 cm³/mol. The van der Waals surface area contributed by atoms with Gasteiger partial charge in [-0.15, -0.1) is 0 Å². The third-order valence-electron chi connectivity index (χ3n) is 3.85. The van der Waals surface area contributed by atoms with Crippen LogP contribution in [-0.4, -0.2) is 23.8 Å². The summed E-state index contributed by atoms with van der Waals surface area (Å²) in [6, 6.07) is 10.5. The Morgan fingerprint density at radius 2 is 1.72 bits per heavy atom. The maximum atomic E-state index is 12.5. The number of alkyl halides is 3. The molecule has 2 rings (SSSR count). The van der Waals surface area contributed by atoms with Crippen molar-refractivity contribution in [2.75, 3.05) is 5.32 Å². The molecule has 1 atom stereocenters. The van der Waals surface area contributed by atoms with E-state index >= 15 is 0 Å². The summed E-state index contributed by atoms with van der Waals surface area (Å²) >= 11 is 0. The second-order valence-corrected chi connectivity index (χ2v) is 6.16. The number of rotatable bonds is 6. The van der Waals surface area contributed by atoms with Gasteiger partial charge in [0.2, 0.25) is 0 Å². The Labute approximate surface area is 165 Å². The van der Waals surface area contributed by atoms with E-state index in [4.69, 9.17) is 4.74 Å². The van der Waals surface area contributed by atoms with Gasteiger partial charge in [0.1, 0.15) is 0 Å². The zero-order chi connectivity index (χ0) is 21.6. The minimum atomic E-state index is -4.44. The van der Waals surface area contributed by atoms with E-state index in [9.17, 15) is 27.6 Å². The van der Waals surface area contributed by atoms with E-state index in [-0.39, 0.29) is 5.78 Å². The number of hydrogen-bond acceptors (Lipinski definition) is 4. The SMILES string of the molecule is CC(=O)c1cccc(NC(=O)[C@H](C)OC(=O)/C=C/c2ccc(C(F)(F)F)cc2)c1. The van der Waals surface area contributed by atoms with Crippen LogP contribution >= 0.6 is 0 Å². The average molecular weight is 405 g/mol. The van der Waals surface area contributed by atoms with Crippen molar-refractivity contribution in [2.24, 2.45) is 0 Å². The number of carbonyl (C=O) groups is 3. The van der Waals surface area contributed by atoms with Crippen LogP contribution in [0, 0.1) is 0 Å². The number of ketones is 1. The van der Waals surface area contributed by atoms with Crippen LogP contribution in [0.25, 0.3) is 6.08 Å². The molecule has 0 saturated carbocycles. The minimum Gasteiger partial charge on any atom is -0.449 e. The lowest BCUT2D eigenvalue weighted by atomic mass is 10.1. The molecule has 8 heteroatoms. The van der Waals surface area contributed by atoms with Gasteiger partial charge in [-0.1, -0.05) is 24.3 Å². The van der Waals surface area contributed by atoms with Gasteiger partial charge in [0.05, 0.1) is 5.56 Å². The Hall–Kier alpha value is -3.42. The molecule has 5 nitrogen and oxygen atoms in total. The van der Waals surface area contributed by atoms with Gasteiger partial charge >= 0.3 is 12.1 Å². The van der Waals surface area contributed by atoms with Crippen molar-refractivity contribution >= 4 is 29.4 Å². The van der Waals surface area contributed by atoms with Gasteiger partial charge in [-0.2, -0.15) is 13.2 Å². The summed E-state index contributed by atoms with van der Waals surface area (Å²) in [6.45, 7) is 2.77. The summed E-state index contributed by atoms with van der Waals surface area (Å²) in [4.78, 5) is 35.3. The average Bonchev–Trinajstić information content (AvgIpc) is 2.66. The number of ether oxygens (including phenoxy) is 1. The van der Waals surface area contributed by atoms with E-state index in [2.05, 4.69) is 5.32 Å². The van der Waals surface area contributed by atoms with Crippen molar-refractivity contribution in [3.8, 4) is 0 Å². The first-order valence-electron chi connectivity index (χ1n) is 8.54. The molecular weight excluding hydrogens is 387 g/mol. The lowest BCUT2D eigenvalue weighted by molar-refractivity contribution is -0.148. The number of amides is 1. The number of hydrogen-bond donors (Lipinski definition) is 1. The van der Waals surface area contributed by atoms with Crippen LogP contribution in [0.1, 0.15) is 35.3 Å². The van der Waals surface area contributed by atoms with Gasteiger partial charge in [-0.3, -0.25) is 9.59 Å². The molecular formula is C21H18F3NO4. The highest BCUT2D eigenvalue weighted by Crippen LogP contribution is 2.29. The van der Waals surface area contributed by atoms with Gasteiger partial charge in [0.25, 0.3) is 5.91 Å². The summed E-state index contributed by atoms with van der Waals surface area (Å²) in [6.07, 6.45) is -3.26. The van der Waals surface area contributed by atoms with Crippen molar-refractivity contribution < 1.29 is 32.3 Å². The predicted octanol–water partition coefficient (Wildman–Crippen LogP) is 4.49. The molecule has 0 aliphatic heterocycles. The van der Waals surface area contributed by atoms with Crippen molar-refractivity contribution in [3.05, 3.63) is 71.3 Å². The fourth-order valence-corrected chi connectivity index (χ4v) is 2.27. The van der Waals surface area contributed by atoms with Crippen LogP contribution in [0.3, 0.4) is 0 Å². The molecule has 2 aromatic carbocycles. The number of Topliss-reactive ketones (excluding diaryl/α,β-unsaturated/α-hetero) is 1. The molecule has 0 unspecified atom stereocenters. The van der Waals surface area contributed by atoms with Crippen molar-refractivity contribution in [3.63, 3.8) is 0 Å². The fraction of sp³-hybridized carbons (Fsp3) is 0.190. The van der Waals surface area contributed by atoms with Gasteiger partial charge in [0, 0.05) is 17.3 Å². The quantitative estimate of drug-likeness (QED) is 0.437. The summed E-state index contributed by atoms with van der Waals surface area (Å²) in [5.74, 6) is -1.58. The Morgan fingerprint density at radius 3 is 2.31 bits per heavy atom. The van der Waals surface area contributed by atoms with Crippen molar-refractivity contribution in [2.45, 2.75) is 26.1 Å². The Morgan fingerprint density at radius 1 is 1.07 bits per heavy atom. The molecule has 0 bridgehead atoms. The lowest BCUT2D eigenvalue weighted by Gasteiger charge is -2.12.